The quantitative estimate of drug-likeness (QED) is 0.799. The molecular weight excluding hydrogens is 344 g/mol. The van der Waals surface area contributed by atoms with Gasteiger partial charge in [-0.25, -0.2) is 0 Å². The van der Waals surface area contributed by atoms with Gasteiger partial charge in [0.2, 0.25) is 5.91 Å². The van der Waals surface area contributed by atoms with Crippen molar-refractivity contribution in [1.82, 2.24) is 4.72 Å². The standard InChI is InChI=1S/C21H32N2O2S/c1-15(22-26(25)21(2,3)4)17-10-11-19-18(14-17)12-13-23(19)20(24)16-8-6-5-7-9-16/h10-11,14-16,22H,5-9,12-13H2,1-4H3/t15-,26?/m1/s1. The maximum absolute atomic E-state index is 12.9. The molecule has 4 nitrogen and oxygen atoms in total. The van der Waals surface area contributed by atoms with Crippen molar-refractivity contribution in [3.8, 4) is 0 Å². The Morgan fingerprint density at radius 3 is 2.62 bits per heavy atom. The summed E-state index contributed by atoms with van der Waals surface area (Å²) in [5.41, 5.74) is 3.45. The van der Waals surface area contributed by atoms with Crippen LogP contribution in [-0.2, 0) is 22.6 Å². The maximum atomic E-state index is 12.9. The molecule has 2 aliphatic rings. The van der Waals surface area contributed by atoms with Crippen LogP contribution in [0.1, 0.15) is 77.0 Å². The molecule has 1 aromatic rings. The lowest BCUT2D eigenvalue weighted by molar-refractivity contribution is -0.123. The van der Waals surface area contributed by atoms with E-state index < -0.39 is 11.4 Å². The van der Waals surface area contributed by atoms with Crippen LogP contribution in [0.5, 0.6) is 0 Å². The molecule has 1 saturated carbocycles. The fourth-order valence-electron chi connectivity index (χ4n) is 3.90. The number of benzene rings is 1. The highest BCUT2D eigenvalue weighted by Crippen LogP contribution is 2.34. The fourth-order valence-corrected chi connectivity index (χ4v) is 4.71. The van der Waals surface area contributed by atoms with E-state index in [0.29, 0.717) is 5.91 Å². The number of anilines is 1. The first-order chi connectivity index (χ1) is 12.3. The van der Waals surface area contributed by atoms with Gasteiger partial charge in [0.1, 0.15) is 4.75 Å². The molecule has 1 fully saturated rings. The second kappa shape index (κ2) is 7.91. The van der Waals surface area contributed by atoms with Crippen LogP contribution in [0.3, 0.4) is 0 Å². The zero-order chi connectivity index (χ0) is 18.9. The first-order valence-corrected chi connectivity index (χ1v) is 11.0. The van der Waals surface area contributed by atoms with E-state index in [1.165, 1.54) is 24.8 Å². The summed E-state index contributed by atoms with van der Waals surface area (Å²) in [4.78, 5) is 14.9. The Labute approximate surface area is 161 Å². The number of amides is 1. The highest BCUT2D eigenvalue weighted by atomic mass is 32.2. The average Bonchev–Trinajstić information content (AvgIpc) is 3.04. The van der Waals surface area contributed by atoms with E-state index in [9.17, 15) is 9.35 Å². The van der Waals surface area contributed by atoms with Gasteiger partial charge in [-0.15, -0.1) is 4.72 Å². The van der Waals surface area contributed by atoms with Crippen molar-refractivity contribution in [2.75, 3.05) is 11.4 Å². The van der Waals surface area contributed by atoms with Crippen molar-refractivity contribution in [1.29, 1.82) is 0 Å². The van der Waals surface area contributed by atoms with Crippen molar-refractivity contribution in [2.45, 2.75) is 77.0 Å². The minimum Gasteiger partial charge on any atom is -0.598 e. The Bertz CT molecular complexity index is 650. The van der Waals surface area contributed by atoms with Gasteiger partial charge in [-0.2, -0.15) is 0 Å². The molecule has 0 aromatic heterocycles. The molecule has 5 heteroatoms. The minimum atomic E-state index is -1.10. The van der Waals surface area contributed by atoms with Crippen LogP contribution in [0.15, 0.2) is 18.2 Å². The molecule has 144 valence electrons. The van der Waals surface area contributed by atoms with Gasteiger partial charge in [-0.3, -0.25) is 4.79 Å². The zero-order valence-corrected chi connectivity index (χ0v) is 17.3. The number of nitrogens with one attached hydrogen (secondary N) is 1. The third kappa shape index (κ3) is 4.26. The minimum absolute atomic E-state index is 0.0171. The lowest BCUT2D eigenvalue weighted by Crippen LogP contribution is -2.40. The van der Waals surface area contributed by atoms with Crippen LogP contribution in [0.4, 0.5) is 5.69 Å². The van der Waals surface area contributed by atoms with Crippen LogP contribution in [-0.4, -0.2) is 21.8 Å². The van der Waals surface area contributed by atoms with E-state index in [1.807, 2.05) is 32.6 Å². The van der Waals surface area contributed by atoms with Crippen LogP contribution < -0.4 is 9.62 Å². The molecule has 1 N–H and O–H groups in total. The number of carbonyl (C=O) groups is 1. The predicted molar refractivity (Wildman–Crippen MR) is 109 cm³/mol. The Morgan fingerprint density at radius 1 is 1.27 bits per heavy atom. The van der Waals surface area contributed by atoms with Crippen LogP contribution in [0.2, 0.25) is 0 Å². The molecule has 1 aliphatic carbocycles. The van der Waals surface area contributed by atoms with E-state index >= 15 is 0 Å². The summed E-state index contributed by atoms with van der Waals surface area (Å²) in [6.07, 6.45) is 6.64. The highest BCUT2D eigenvalue weighted by molar-refractivity contribution is 7.90. The fraction of sp³-hybridized carbons (Fsp3) is 0.667. The van der Waals surface area contributed by atoms with E-state index in [1.54, 1.807) is 0 Å². The molecule has 2 atom stereocenters. The molecule has 1 heterocycles. The number of carbonyl (C=O) groups excluding carboxylic acids is 1. The molecular formula is C21H32N2O2S. The third-order valence-electron chi connectivity index (χ3n) is 5.56. The molecule has 0 spiro atoms. The second-order valence-corrected chi connectivity index (χ2v) is 10.7. The highest BCUT2D eigenvalue weighted by Gasteiger charge is 2.32. The number of rotatable bonds is 4. The molecule has 1 amide bonds. The molecule has 1 unspecified atom stereocenters. The average molecular weight is 377 g/mol. The summed E-state index contributed by atoms with van der Waals surface area (Å²) >= 11 is -1.10. The number of hydrogen-bond donors (Lipinski definition) is 1. The summed E-state index contributed by atoms with van der Waals surface area (Å²) in [7, 11) is 0. The Kier molecular flexibility index (Phi) is 6.00. The van der Waals surface area contributed by atoms with E-state index in [4.69, 9.17) is 0 Å². The SMILES string of the molecule is C[C@@H](N[S+]([O-])C(C)(C)C)c1ccc2c(c1)CCN2C(=O)C1CCCCC1. The summed E-state index contributed by atoms with van der Waals surface area (Å²) < 4.78 is 15.3. The Morgan fingerprint density at radius 2 is 1.96 bits per heavy atom. The van der Waals surface area contributed by atoms with Gasteiger partial charge < -0.3 is 9.45 Å². The van der Waals surface area contributed by atoms with Gasteiger partial charge in [0.25, 0.3) is 0 Å². The molecule has 0 bridgehead atoms. The van der Waals surface area contributed by atoms with E-state index in [2.05, 4.69) is 22.9 Å². The summed E-state index contributed by atoms with van der Waals surface area (Å²) in [6, 6.07) is 6.35. The Hall–Kier alpha value is -1.04. The van der Waals surface area contributed by atoms with E-state index in [0.717, 1.165) is 37.1 Å². The van der Waals surface area contributed by atoms with Crippen molar-refractivity contribution >= 4 is 23.0 Å². The van der Waals surface area contributed by atoms with Crippen LogP contribution in [0.25, 0.3) is 0 Å². The topological polar surface area (TPSA) is 55.4 Å². The monoisotopic (exact) mass is 376 g/mol. The summed E-state index contributed by atoms with van der Waals surface area (Å²) in [6.45, 7) is 8.76. The summed E-state index contributed by atoms with van der Waals surface area (Å²) in [5, 5.41) is 0. The van der Waals surface area contributed by atoms with E-state index in [-0.39, 0.29) is 16.7 Å². The second-order valence-electron chi connectivity index (χ2n) is 8.68. The maximum Gasteiger partial charge on any atom is 0.230 e. The number of hydrogen-bond acceptors (Lipinski definition) is 3. The smallest absolute Gasteiger partial charge is 0.230 e. The van der Waals surface area contributed by atoms with Gasteiger partial charge >= 0.3 is 0 Å². The molecule has 1 aromatic carbocycles. The first kappa shape index (κ1) is 19.7. The van der Waals surface area contributed by atoms with Crippen molar-refractivity contribution in [3.05, 3.63) is 29.3 Å². The lowest BCUT2D eigenvalue weighted by Gasteiger charge is -2.27. The Balaban J connectivity index is 1.70. The van der Waals surface area contributed by atoms with Gasteiger partial charge in [-0.05, 0) is 64.2 Å². The number of fused-ring (bicyclic) bond motifs is 1. The predicted octanol–water partition coefficient (Wildman–Crippen LogP) is 4.27. The van der Waals surface area contributed by atoms with Gasteiger partial charge in [0.05, 0.1) is 6.04 Å². The van der Waals surface area contributed by atoms with Gasteiger partial charge in [-0.1, -0.05) is 31.4 Å². The first-order valence-electron chi connectivity index (χ1n) is 9.89. The van der Waals surface area contributed by atoms with Crippen molar-refractivity contribution < 1.29 is 9.35 Å². The molecule has 3 rings (SSSR count). The molecule has 26 heavy (non-hydrogen) atoms. The largest absolute Gasteiger partial charge is 0.598 e. The van der Waals surface area contributed by atoms with Crippen molar-refractivity contribution in [2.24, 2.45) is 5.92 Å². The van der Waals surface area contributed by atoms with Crippen LogP contribution in [0, 0.1) is 5.92 Å². The van der Waals surface area contributed by atoms with Gasteiger partial charge in [0, 0.05) is 29.5 Å². The number of nitrogens with zero attached hydrogens (tertiary/aromatic N) is 1. The van der Waals surface area contributed by atoms with Crippen LogP contribution >= 0.6 is 0 Å². The molecule has 0 saturated heterocycles. The third-order valence-corrected chi connectivity index (χ3v) is 7.24. The lowest BCUT2D eigenvalue weighted by atomic mass is 9.88. The van der Waals surface area contributed by atoms with Crippen molar-refractivity contribution in [3.63, 3.8) is 0 Å². The normalized spacial score (nSPS) is 20.7. The molecule has 1 aliphatic heterocycles. The molecule has 0 radical (unpaired) electrons. The summed E-state index contributed by atoms with van der Waals surface area (Å²) in [5.74, 6) is 0.528. The zero-order valence-electron chi connectivity index (χ0n) is 16.5. The van der Waals surface area contributed by atoms with Gasteiger partial charge in [0.15, 0.2) is 0 Å².